The van der Waals surface area contributed by atoms with E-state index in [1.54, 1.807) is 0 Å². The molecule has 0 radical (unpaired) electrons. The molecule has 7 heteroatoms. The van der Waals surface area contributed by atoms with Gasteiger partial charge >= 0.3 is 5.97 Å². The second-order valence-corrected chi connectivity index (χ2v) is 7.27. The average Bonchev–Trinajstić information content (AvgIpc) is 2.41. The Bertz CT molecular complexity index is 637. The molecule has 0 spiro atoms. The molecule has 0 aliphatic heterocycles. The largest absolute Gasteiger partial charge is 0.495 e. The van der Waals surface area contributed by atoms with Gasteiger partial charge in [-0.3, -0.25) is 0 Å². The van der Waals surface area contributed by atoms with E-state index in [1.807, 2.05) is 0 Å². The van der Waals surface area contributed by atoms with Gasteiger partial charge in [0.25, 0.3) is 0 Å². The first-order valence-electron chi connectivity index (χ1n) is 6.74. The first kappa shape index (κ1) is 15.8. The number of methoxy groups -OCH3 is 1. The van der Waals surface area contributed by atoms with E-state index in [1.165, 1.54) is 36.7 Å². The minimum absolute atomic E-state index is 0.00294. The van der Waals surface area contributed by atoms with E-state index in [-0.39, 0.29) is 16.2 Å². The Kier molecular flexibility index (Phi) is 4.53. The number of carbonyl (C=O) groups is 1. The summed E-state index contributed by atoms with van der Waals surface area (Å²) in [5.41, 5.74) is -0.00699. The van der Waals surface area contributed by atoms with Crippen molar-refractivity contribution in [2.24, 2.45) is 5.92 Å². The molecule has 116 valence electrons. The van der Waals surface area contributed by atoms with Gasteiger partial charge < -0.3 is 9.84 Å². The summed E-state index contributed by atoms with van der Waals surface area (Å²) in [4.78, 5) is 10.9. The molecule has 21 heavy (non-hydrogen) atoms. The molecular formula is C14H19NO5S. The molecule has 1 N–H and O–H groups in total. The predicted octanol–water partition coefficient (Wildman–Crippen LogP) is 1.81. The van der Waals surface area contributed by atoms with Crippen LogP contribution in [0.15, 0.2) is 23.1 Å². The predicted molar refractivity (Wildman–Crippen MR) is 77.1 cm³/mol. The Labute approximate surface area is 124 Å². The van der Waals surface area contributed by atoms with Crippen LogP contribution < -0.4 is 4.74 Å². The van der Waals surface area contributed by atoms with Crippen molar-refractivity contribution < 1.29 is 23.1 Å². The van der Waals surface area contributed by atoms with Crippen molar-refractivity contribution in [3.63, 3.8) is 0 Å². The zero-order chi connectivity index (χ0) is 15.6. The zero-order valence-corrected chi connectivity index (χ0v) is 12.9. The molecule has 6 nitrogen and oxygen atoms in total. The molecule has 1 fully saturated rings. The number of hydrogen-bond acceptors (Lipinski definition) is 4. The van der Waals surface area contributed by atoms with Crippen LogP contribution in [0.4, 0.5) is 0 Å². The smallest absolute Gasteiger partial charge is 0.335 e. The van der Waals surface area contributed by atoms with Crippen molar-refractivity contribution in [2.45, 2.75) is 24.2 Å². The minimum Gasteiger partial charge on any atom is -0.495 e. The number of sulfonamides is 1. The van der Waals surface area contributed by atoms with Crippen molar-refractivity contribution in [1.82, 2.24) is 4.31 Å². The Balaban J connectivity index is 2.31. The summed E-state index contributed by atoms with van der Waals surface area (Å²) in [6.45, 7) is 0.478. The summed E-state index contributed by atoms with van der Waals surface area (Å²) < 4.78 is 31.5. The number of aromatic carboxylic acids is 1. The highest BCUT2D eigenvalue weighted by Crippen LogP contribution is 2.31. The van der Waals surface area contributed by atoms with Crippen LogP contribution in [0.25, 0.3) is 0 Å². The summed E-state index contributed by atoms with van der Waals surface area (Å²) in [5.74, 6) is -0.663. The highest BCUT2D eigenvalue weighted by molar-refractivity contribution is 7.89. The van der Waals surface area contributed by atoms with Crippen LogP contribution in [0.2, 0.25) is 0 Å². The molecule has 1 aliphatic carbocycles. The molecule has 2 rings (SSSR count). The van der Waals surface area contributed by atoms with Gasteiger partial charge in [-0.05, 0) is 37.0 Å². The Morgan fingerprint density at radius 3 is 2.57 bits per heavy atom. The van der Waals surface area contributed by atoms with Crippen LogP contribution in [-0.4, -0.2) is 44.5 Å². The molecule has 1 saturated carbocycles. The highest BCUT2D eigenvalue weighted by atomic mass is 32.2. The lowest BCUT2D eigenvalue weighted by Crippen LogP contribution is -2.34. The topological polar surface area (TPSA) is 83.9 Å². The van der Waals surface area contributed by atoms with Crippen molar-refractivity contribution in [1.29, 1.82) is 0 Å². The minimum atomic E-state index is -3.68. The van der Waals surface area contributed by atoms with Gasteiger partial charge in [0, 0.05) is 13.6 Å². The van der Waals surface area contributed by atoms with Crippen LogP contribution in [0.5, 0.6) is 5.75 Å². The maximum absolute atomic E-state index is 12.6. The average molecular weight is 313 g/mol. The SMILES string of the molecule is COc1cc(C(=O)O)ccc1S(=O)(=O)N(C)CC1CCC1. The number of carboxylic acids is 1. The molecule has 0 atom stereocenters. The summed E-state index contributed by atoms with van der Waals surface area (Å²) >= 11 is 0. The maximum atomic E-state index is 12.6. The summed E-state index contributed by atoms with van der Waals surface area (Å²) in [7, 11) is -0.815. The van der Waals surface area contributed by atoms with E-state index in [0.29, 0.717) is 12.5 Å². The number of benzene rings is 1. The number of nitrogens with zero attached hydrogens (tertiary/aromatic N) is 1. The molecular weight excluding hydrogens is 294 g/mol. The standard InChI is InChI=1S/C14H19NO5S/c1-15(9-10-4-3-5-10)21(18,19)13-7-6-11(14(16)17)8-12(13)20-2/h6-8,10H,3-5,9H2,1-2H3,(H,16,17). The molecule has 0 amide bonds. The highest BCUT2D eigenvalue weighted by Gasteiger charge is 2.29. The summed E-state index contributed by atoms with van der Waals surface area (Å²) in [6, 6.07) is 3.79. The van der Waals surface area contributed by atoms with Gasteiger partial charge in [0.15, 0.2) is 0 Å². The molecule has 0 bridgehead atoms. The number of rotatable bonds is 6. The van der Waals surface area contributed by atoms with Gasteiger partial charge in [0.1, 0.15) is 10.6 Å². The monoisotopic (exact) mass is 313 g/mol. The Morgan fingerprint density at radius 1 is 1.43 bits per heavy atom. The van der Waals surface area contributed by atoms with Crippen molar-refractivity contribution in [2.75, 3.05) is 20.7 Å². The fourth-order valence-corrected chi connectivity index (χ4v) is 3.70. The van der Waals surface area contributed by atoms with Crippen LogP contribution >= 0.6 is 0 Å². The van der Waals surface area contributed by atoms with Gasteiger partial charge in [-0.1, -0.05) is 6.42 Å². The van der Waals surface area contributed by atoms with E-state index in [2.05, 4.69) is 0 Å². The first-order chi connectivity index (χ1) is 9.86. The van der Waals surface area contributed by atoms with Crippen LogP contribution in [-0.2, 0) is 10.0 Å². The van der Waals surface area contributed by atoms with E-state index in [0.717, 1.165) is 19.3 Å². The van der Waals surface area contributed by atoms with Gasteiger partial charge in [-0.2, -0.15) is 0 Å². The van der Waals surface area contributed by atoms with E-state index in [4.69, 9.17) is 9.84 Å². The quantitative estimate of drug-likeness (QED) is 0.866. The van der Waals surface area contributed by atoms with Crippen LogP contribution in [0.3, 0.4) is 0 Å². The third kappa shape index (κ3) is 3.19. The molecule has 0 heterocycles. The molecule has 0 aromatic heterocycles. The third-order valence-electron chi connectivity index (χ3n) is 3.84. The fourth-order valence-electron chi connectivity index (χ4n) is 2.32. The van der Waals surface area contributed by atoms with Gasteiger partial charge in [-0.25, -0.2) is 17.5 Å². The normalized spacial score (nSPS) is 15.8. The van der Waals surface area contributed by atoms with E-state index in [9.17, 15) is 13.2 Å². The lowest BCUT2D eigenvalue weighted by Gasteiger charge is -2.29. The molecule has 1 aromatic rings. The zero-order valence-electron chi connectivity index (χ0n) is 12.1. The lowest BCUT2D eigenvalue weighted by atomic mass is 9.86. The molecule has 1 aromatic carbocycles. The Morgan fingerprint density at radius 2 is 2.10 bits per heavy atom. The second kappa shape index (κ2) is 6.03. The van der Waals surface area contributed by atoms with Crippen molar-refractivity contribution in [3.05, 3.63) is 23.8 Å². The van der Waals surface area contributed by atoms with Crippen molar-refractivity contribution in [3.8, 4) is 5.75 Å². The first-order valence-corrected chi connectivity index (χ1v) is 8.18. The number of hydrogen-bond donors (Lipinski definition) is 1. The lowest BCUT2D eigenvalue weighted by molar-refractivity contribution is 0.0696. The second-order valence-electron chi connectivity index (χ2n) is 5.25. The number of ether oxygens (including phenoxy) is 1. The van der Waals surface area contributed by atoms with Crippen LogP contribution in [0, 0.1) is 5.92 Å². The Hall–Kier alpha value is -1.60. The van der Waals surface area contributed by atoms with Gasteiger partial charge in [-0.15, -0.1) is 0 Å². The molecule has 0 saturated heterocycles. The van der Waals surface area contributed by atoms with E-state index < -0.39 is 16.0 Å². The molecule has 1 aliphatic rings. The summed E-state index contributed by atoms with van der Waals surface area (Å²) in [6.07, 6.45) is 3.25. The summed E-state index contributed by atoms with van der Waals surface area (Å²) in [5, 5.41) is 8.95. The maximum Gasteiger partial charge on any atom is 0.335 e. The van der Waals surface area contributed by atoms with Gasteiger partial charge in [0.2, 0.25) is 10.0 Å². The van der Waals surface area contributed by atoms with Crippen molar-refractivity contribution >= 4 is 16.0 Å². The molecule has 0 unspecified atom stereocenters. The number of carboxylic acid groups (broad SMARTS) is 1. The fraction of sp³-hybridized carbons (Fsp3) is 0.500. The third-order valence-corrected chi connectivity index (χ3v) is 5.70. The van der Waals surface area contributed by atoms with E-state index >= 15 is 0 Å². The van der Waals surface area contributed by atoms with Gasteiger partial charge in [0.05, 0.1) is 12.7 Å². The van der Waals surface area contributed by atoms with Crippen LogP contribution in [0.1, 0.15) is 29.6 Å².